The molecule has 0 radical (unpaired) electrons. The molecule has 1 aromatic heterocycles. The Morgan fingerprint density at radius 3 is 2.47 bits per heavy atom. The highest BCUT2D eigenvalue weighted by Crippen LogP contribution is 2.37. The number of nitro groups is 1. The van der Waals surface area contributed by atoms with Crippen LogP contribution in [0.5, 0.6) is 11.6 Å². The van der Waals surface area contributed by atoms with E-state index in [1.54, 1.807) is 0 Å². The Morgan fingerprint density at radius 1 is 1.21 bits per heavy atom. The maximum absolute atomic E-state index is 10.9. The molecule has 0 aliphatic rings. The predicted molar refractivity (Wildman–Crippen MR) is 69.6 cm³/mol. The summed E-state index contributed by atoms with van der Waals surface area (Å²) in [7, 11) is 0. The summed E-state index contributed by atoms with van der Waals surface area (Å²) in [5.74, 6) is 0.171. The van der Waals surface area contributed by atoms with Crippen LogP contribution in [-0.4, -0.2) is 14.9 Å². The minimum absolute atomic E-state index is 0.0516. The lowest BCUT2D eigenvalue weighted by atomic mass is 10.3. The van der Waals surface area contributed by atoms with Crippen LogP contribution in [-0.2, 0) is 0 Å². The number of hydrogen-bond acceptors (Lipinski definition) is 6. The molecule has 0 atom stereocenters. The quantitative estimate of drug-likeness (QED) is 0.690. The van der Waals surface area contributed by atoms with Crippen molar-refractivity contribution in [3.63, 3.8) is 0 Å². The third-order valence-electron chi connectivity index (χ3n) is 2.06. The Bertz CT molecular complexity index is 633. The average molecular weight is 301 g/mol. The van der Waals surface area contributed by atoms with E-state index in [0.29, 0.717) is 0 Å². The molecular weight excluding hydrogens is 295 g/mol. The fourth-order valence-corrected chi connectivity index (χ4v) is 1.55. The lowest BCUT2D eigenvalue weighted by Gasteiger charge is -2.06. The standard InChI is InChI=1S/C10H6Cl2N4O3/c11-5-1-7(16(17)18)8(2-6(5)12)19-10-4-14-9(13)3-15-10/h1-4H,(H2,13,14). The van der Waals surface area contributed by atoms with E-state index in [1.807, 2.05) is 0 Å². The van der Waals surface area contributed by atoms with Crippen molar-refractivity contribution in [2.45, 2.75) is 0 Å². The molecule has 0 bridgehead atoms. The van der Waals surface area contributed by atoms with Crippen LogP contribution < -0.4 is 10.5 Å². The monoisotopic (exact) mass is 300 g/mol. The summed E-state index contributed by atoms with van der Waals surface area (Å²) < 4.78 is 5.25. The van der Waals surface area contributed by atoms with Crippen LogP contribution >= 0.6 is 23.2 Å². The second-order valence-corrected chi connectivity index (χ2v) is 4.19. The Morgan fingerprint density at radius 2 is 1.89 bits per heavy atom. The first kappa shape index (κ1) is 13.3. The Kier molecular flexibility index (Phi) is 3.68. The maximum Gasteiger partial charge on any atom is 0.313 e. The van der Waals surface area contributed by atoms with Crippen molar-refractivity contribution in [1.82, 2.24) is 9.97 Å². The maximum atomic E-state index is 10.9. The molecule has 9 heteroatoms. The fourth-order valence-electron chi connectivity index (χ4n) is 1.23. The normalized spacial score (nSPS) is 10.2. The number of nitrogens with two attached hydrogens (primary N) is 1. The SMILES string of the molecule is Nc1cnc(Oc2cc(Cl)c(Cl)cc2[N+](=O)[O-])cn1. The molecule has 0 saturated heterocycles. The molecule has 2 aromatic rings. The van der Waals surface area contributed by atoms with Crippen LogP contribution in [0.4, 0.5) is 11.5 Å². The molecule has 0 saturated carbocycles. The van der Waals surface area contributed by atoms with Gasteiger partial charge >= 0.3 is 5.69 Å². The van der Waals surface area contributed by atoms with Crippen molar-refractivity contribution >= 4 is 34.7 Å². The van der Waals surface area contributed by atoms with Crippen LogP contribution in [0.3, 0.4) is 0 Å². The zero-order valence-electron chi connectivity index (χ0n) is 9.21. The van der Waals surface area contributed by atoms with E-state index >= 15 is 0 Å². The molecule has 0 unspecified atom stereocenters. The van der Waals surface area contributed by atoms with Crippen LogP contribution in [0.25, 0.3) is 0 Å². The molecule has 19 heavy (non-hydrogen) atoms. The van der Waals surface area contributed by atoms with Crippen LogP contribution in [0.1, 0.15) is 0 Å². The summed E-state index contributed by atoms with van der Waals surface area (Å²) >= 11 is 11.5. The van der Waals surface area contributed by atoms with E-state index in [4.69, 9.17) is 33.7 Å². The van der Waals surface area contributed by atoms with Crippen LogP contribution in [0, 0.1) is 10.1 Å². The highest BCUT2D eigenvalue weighted by atomic mass is 35.5. The summed E-state index contributed by atoms with van der Waals surface area (Å²) in [6, 6.07) is 2.34. The van der Waals surface area contributed by atoms with E-state index in [9.17, 15) is 10.1 Å². The number of nitro benzene ring substituents is 1. The Labute approximate surface area is 117 Å². The van der Waals surface area contributed by atoms with Gasteiger partial charge in [-0.05, 0) is 0 Å². The minimum Gasteiger partial charge on any atom is -0.430 e. The van der Waals surface area contributed by atoms with E-state index in [1.165, 1.54) is 18.5 Å². The molecular formula is C10H6Cl2N4O3. The summed E-state index contributed by atoms with van der Waals surface area (Å²) in [6.07, 6.45) is 2.50. The predicted octanol–water partition coefficient (Wildman–Crippen LogP) is 3.07. The number of nitrogen functional groups attached to an aromatic ring is 1. The van der Waals surface area contributed by atoms with E-state index in [0.717, 1.165) is 6.07 Å². The largest absolute Gasteiger partial charge is 0.430 e. The van der Waals surface area contributed by atoms with Crippen molar-refractivity contribution in [1.29, 1.82) is 0 Å². The number of benzene rings is 1. The van der Waals surface area contributed by atoms with Gasteiger partial charge in [-0.3, -0.25) is 10.1 Å². The van der Waals surface area contributed by atoms with Crippen molar-refractivity contribution < 1.29 is 9.66 Å². The Balaban J connectivity index is 2.41. The molecule has 0 aliphatic heterocycles. The highest BCUT2D eigenvalue weighted by molar-refractivity contribution is 6.42. The van der Waals surface area contributed by atoms with Crippen LogP contribution in [0.2, 0.25) is 10.0 Å². The van der Waals surface area contributed by atoms with Gasteiger partial charge in [-0.25, -0.2) is 9.97 Å². The minimum atomic E-state index is -0.637. The van der Waals surface area contributed by atoms with Crippen molar-refractivity contribution in [3.05, 3.63) is 44.7 Å². The van der Waals surface area contributed by atoms with Gasteiger partial charge in [0.25, 0.3) is 0 Å². The average Bonchev–Trinajstić information content (AvgIpc) is 2.36. The molecule has 2 rings (SSSR count). The van der Waals surface area contributed by atoms with Crippen molar-refractivity contribution in [3.8, 4) is 11.6 Å². The lowest BCUT2D eigenvalue weighted by Crippen LogP contribution is -1.97. The molecule has 0 fully saturated rings. The van der Waals surface area contributed by atoms with Gasteiger partial charge in [0.1, 0.15) is 5.82 Å². The Hall–Kier alpha value is -2.12. The second-order valence-electron chi connectivity index (χ2n) is 3.37. The number of hydrogen-bond donors (Lipinski definition) is 1. The molecule has 0 aliphatic carbocycles. The van der Waals surface area contributed by atoms with E-state index in [2.05, 4.69) is 9.97 Å². The molecule has 1 heterocycles. The third-order valence-corrected chi connectivity index (χ3v) is 2.78. The summed E-state index contributed by atoms with van der Waals surface area (Å²) in [5, 5.41) is 11.1. The zero-order chi connectivity index (χ0) is 14.0. The van der Waals surface area contributed by atoms with Crippen molar-refractivity contribution in [2.75, 3.05) is 5.73 Å². The fraction of sp³-hybridized carbons (Fsp3) is 0. The molecule has 0 amide bonds. The number of rotatable bonds is 3. The van der Waals surface area contributed by atoms with E-state index in [-0.39, 0.29) is 33.2 Å². The smallest absolute Gasteiger partial charge is 0.313 e. The van der Waals surface area contributed by atoms with Crippen LogP contribution in [0.15, 0.2) is 24.5 Å². The molecule has 1 aromatic carbocycles. The summed E-state index contributed by atoms with van der Waals surface area (Å²) in [6.45, 7) is 0. The number of aromatic nitrogens is 2. The molecule has 7 nitrogen and oxygen atoms in total. The number of ether oxygens (including phenoxy) is 1. The first-order chi connectivity index (χ1) is 8.97. The van der Waals surface area contributed by atoms with Gasteiger partial charge in [0, 0.05) is 12.1 Å². The number of nitrogens with zero attached hydrogens (tertiary/aromatic N) is 3. The summed E-state index contributed by atoms with van der Waals surface area (Å²) in [5.41, 5.74) is 5.04. The highest BCUT2D eigenvalue weighted by Gasteiger charge is 2.19. The molecule has 98 valence electrons. The van der Waals surface area contributed by atoms with Gasteiger partial charge in [-0.15, -0.1) is 0 Å². The zero-order valence-corrected chi connectivity index (χ0v) is 10.7. The topological polar surface area (TPSA) is 104 Å². The third kappa shape index (κ3) is 3.01. The first-order valence-corrected chi connectivity index (χ1v) is 5.62. The number of anilines is 1. The van der Waals surface area contributed by atoms with E-state index < -0.39 is 4.92 Å². The van der Waals surface area contributed by atoms with Crippen molar-refractivity contribution in [2.24, 2.45) is 0 Å². The molecule has 2 N–H and O–H groups in total. The van der Waals surface area contributed by atoms with Gasteiger partial charge in [0.05, 0.1) is 27.4 Å². The van der Waals surface area contributed by atoms with Gasteiger partial charge < -0.3 is 10.5 Å². The molecule has 0 spiro atoms. The number of halogens is 2. The van der Waals surface area contributed by atoms with Gasteiger partial charge in [0.2, 0.25) is 11.6 Å². The summed E-state index contributed by atoms with van der Waals surface area (Å²) in [4.78, 5) is 17.8. The second kappa shape index (κ2) is 5.25. The van der Waals surface area contributed by atoms with Gasteiger partial charge in [-0.2, -0.15) is 0 Å². The first-order valence-electron chi connectivity index (χ1n) is 4.86. The lowest BCUT2D eigenvalue weighted by molar-refractivity contribution is -0.385. The van der Waals surface area contributed by atoms with Gasteiger partial charge in [0.15, 0.2) is 0 Å². The van der Waals surface area contributed by atoms with Gasteiger partial charge in [-0.1, -0.05) is 23.2 Å².